The van der Waals surface area contributed by atoms with E-state index in [1.807, 2.05) is 22.8 Å². The summed E-state index contributed by atoms with van der Waals surface area (Å²) in [6.07, 6.45) is 4.59. The number of nitrogens with zero attached hydrogens (tertiary/aromatic N) is 3. The van der Waals surface area contributed by atoms with Gasteiger partial charge in [-0.15, -0.1) is 21.5 Å². The molecule has 0 radical (unpaired) electrons. The lowest BCUT2D eigenvalue weighted by Gasteiger charge is -2.14. The van der Waals surface area contributed by atoms with Crippen LogP contribution < -0.4 is 15.4 Å². The van der Waals surface area contributed by atoms with Gasteiger partial charge in [-0.2, -0.15) is 0 Å². The molecule has 0 fully saturated rings. The van der Waals surface area contributed by atoms with E-state index in [0.717, 1.165) is 42.5 Å². The molecule has 40 heavy (non-hydrogen) atoms. The first-order valence-corrected chi connectivity index (χ1v) is 15.3. The van der Waals surface area contributed by atoms with Gasteiger partial charge in [0.1, 0.15) is 10.8 Å². The first-order chi connectivity index (χ1) is 19.4. The van der Waals surface area contributed by atoms with E-state index in [0.29, 0.717) is 33.8 Å². The number of thiophene rings is 1. The number of esters is 1. The van der Waals surface area contributed by atoms with Crippen LogP contribution in [-0.4, -0.2) is 51.0 Å². The number of fused-ring (bicyclic) bond motifs is 1. The van der Waals surface area contributed by atoms with Crippen LogP contribution in [0.5, 0.6) is 5.75 Å². The maximum absolute atomic E-state index is 13.2. The van der Waals surface area contributed by atoms with Crippen LogP contribution in [0.25, 0.3) is 0 Å². The van der Waals surface area contributed by atoms with Crippen molar-refractivity contribution in [2.45, 2.75) is 76.4 Å². The Bertz CT molecular complexity index is 1320. The zero-order chi connectivity index (χ0) is 28.5. The van der Waals surface area contributed by atoms with Gasteiger partial charge in [-0.3, -0.25) is 9.59 Å². The second-order valence-corrected chi connectivity index (χ2v) is 11.7. The summed E-state index contributed by atoms with van der Waals surface area (Å²) in [5.74, 6) is 0.342. The SMILES string of the molecule is CCCCn1c(CNC(=O)COc2ccccc2)nnc1SC(C)C(=O)Nc1sc2c(c1C(=O)OCC)CCC2. The lowest BCUT2D eigenvalue weighted by molar-refractivity contribution is -0.123. The predicted molar refractivity (Wildman–Crippen MR) is 155 cm³/mol. The number of carbonyl (C=O) groups excluding carboxylic acids is 3. The molecule has 214 valence electrons. The van der Waals surface area contributed by atoms with Crippen LogP contribution in [0, 0.1) is 0 Å². The van der Waals surface area contributed by atoms with Crippen LogP contribution in [0.15, 0.2) is 35.5 Å². The highest BCUT2D eigenvalue weighted by Gasteiger charge is 2.29. The third kappa shape index (κ3) is 7.42. The van der Waals surface area contributed by atoms with Gasteiger partial charge in [0.05, 0.1) is 24.0 Å². The first-order valence-electron chi connectivity index (χ1n) is 13.6. The van der Waals surface area contributed by atoms with E-state index in [1.54, 1.807) is 26.0 Å². The number of unbranched alkanes of at least 4 members (excludes halogenated alkanes) is 1. The Balaban J connectivity index is 1.39. The van der Waals surface area contributed by atoms with Crippen LogP contribution >= 0.6 is 23.1 Å². The molecule has 12 heteroatoms. The highest BCUT2D eigenvalue weighted by atomic mass is 32.2. The number of anilines is 1. The lowest BCUT2D eigenvalue weighted by atomic mass is 10.1. The molecule has 3 aromatic rings. The van der Waals surface area contributed by atoms with Gasteiger partial charge < -0.3 is 24.7 Å². The summed E-state index contributed by atoms with van der Waals surface area (Å²) in [7, 11) is 0. The first kappa shape index (κ1) is 29.6. The zero-order valence-electron chi connectivity index (χ0n) is 23.0. The zero-order valence-corrected chi connectivity index (χ0v) is 24.7. The Morgan fingerprint density at radius 3 is 2.70 bits per heavy atom. The van der Waals surface area contributed by atoms with Crippen molar-refractivity contribution in [1.29, 1.82) is 0 Å². The van der Waals surface area contributed by atoms with Crippen LogP contribution in [0.3, 0.4) is 0 Å². The number of rotatable bonds is 14. The number of hydrogen-bond acceptors (Lipinski definition) is 9. The van der Waals surface area contributed by atoms with E-state index in [4.69, 9.17) is 9.47 Å². The van der Waals surface area contributed by atoms with Gasteiger partial charge in [0.2, 0.25) is 5.91 Å². The van der Waals surface area contributed by atoms with Crippen molar-refractivity contribution >= 4 is 45.9 Å². The van der Waals surface area contributed by atoms with Gasteiger partial charge in [-0.25, -0.2) is 4.79 Å². The third-order valence-electron chi connectivity index (χ3n) is 6.37. The normalized spacial score (nSPS) is 13.0. The van der Waals surface area contributed by atoms with E-state index in [1.165, 1.54) is 23.1 Å². The van der Waals surface area contributed by atoms with E-state index in [2.05, 4.69) is 27.8 Å². The molecule has 1 unspecified atom stereocenters. The molecule has 0 aliphatic heterocycles. The number of carbonyl (C=O) groups is 3. The Hall–Kier alpha value is -3.38. The molecule has 2 N–H and O–H groups in total. The Morgan fingerprint density at radius 1 is 1.15 bits per heavy atom. The Labute approximate surface area is 242 Å². The molecule has 10 nitrogen and oxygen atoms in total. The van der Waals surface area contributed by atoms with Crippen molar-refractivity contribution in [3.05, 3.63) is 52.2 Å². The highest BCUT2D eigenvalue weighted by Crippen LogP contribution is 2.40. The maximum Gasteiger partial charge on any atom is 0.341 e. The highest BCUT2D eigenvalue weighted by molar-refractivity contribution is 8.00. The molecule has 2 heterocycles. The van der Waals surface area contributed by atoms with Crippen LogP contribution in [0.2, 0.25) is 0 Å². The molecule has 0 bridgehead atoms. The summed E-state index contributed by atoms with van der Waals surface area (Å²) in [5, 5.41) is 15.1. The molecule has 1 aliphatic rings. The van der Waals surface area contributed by atoms with Crippen molar-refractivity contribution in [2.75, 3.05) is 18.5 Å². The standard InChI is InChI=1S/C28H35N5O5S2/c1-4-6-15-33-22(16-29-23(34)17-38-19-11-8-7-9-12-19)31-32-28(33)39-18(3)25(35)30-26-24(27(36)37-5-2)20-13-10-14-21(20)40-26/h7-9,11-12,18H,4-6,10,13-17H2,1-3H3,(H,29,34)(H,30,35). The summed E-state index contributed by atoms with van der Waals surface area (Å²) >= 11 is 2.75. The second kappa shape index (κ2) is 14.3. The minimum absolute atomic E-state index is 0.105. The number of hydrogen-bond donors (Lipinski definition) is 2. The fraction of sp³-hybridized carbons (Fsp3) is 0.464. The monoisotopic (exact) mass is 585 g/mol. The second-order valence-electron chi connectivity index (χ2n) is 9.31. The minimum Gasteiger partial charge on any atom is -0.484 e. The topological polar surface area (TPSA) is 124 Å². The van der Waals surface area contributed by atoms with Crippen LogP contribution in [0.4, 0.5) is 5.00 Å². The fourth-order valence-corrected chi connectivity index (χ4v) is 6.48. The summed E-state index contributed by atoms with van der Waals surface area (Å²) in [5.41, 5.74) is 1.49. The van der Waals surface area contributed by atoms with Gasteiger partial charge in [0.25, 0.3) is 5.91 Å². The number of thioether (sulfide) groups is 1. The number of amides is 2. The number of para-hydroxylation sites is 1. The molecule has 1 atom stereocenters. The third-order valence-corrected chi connectivity index (χ3v) is 8.66. The van der Waals surface area contributed by atoms with Crippen molar-refractivity contribution in [2.24, 2.45) is 0 Å². The number of ether oxygens (including phenoxy) is 2. The average molecular weight is 586 g/mol. The molecule has 0 saturated carbocycles. The van der Waals surface area contributed by atoms with Crippen molar-refractivity contribution in [3.63, 3.8) is 0 Å². The molecule has 4 rings (SSSR count). The summed E-state index contributed by atoms with van der Waals surface area (Å²) in [6.45, 7) is 6.69. The van der Waals surface area contributed by atoms with Gasteiger partial charge in [0, 0.05) is 11.4 Å². The minimum atomic E-state index is -0.502. The number of aromatic nitrogens is 3. The summed E-state index contributed by atoms with van der Waals surface area (Å²) in [4.78, 5) is 39.4. The van der Waals surface area contributed by atoms with E-state index in [9.17, 15) is 14.4 Å². The fourth-order valence-electron chi connectivity index (χ4n) is 4.31. The molecular weight excluding hydrogens is 550 g/mol. The van der Waals surface area contributed by atoms with Crippen LogP contribution in [-0.2, 0) is 40.3 Å². The van der Waals surface area contributed by atoms with Gasteiger partial charge in [0.15, 0.2) is 17.6 Å². The molecule has 2 aromatic heterocycles. The number of benzene rings is 1. The van der Waals surface area contributed by atoms with E-state index in [-0.39, 0.29) is 31.6 Å². The quantitative estimate of drug-likeness (QED) is 0.208. The van der Waals surface area contributed by atoms with Crippen LogP contribution in [0.1, 0.15) is 66.7 Å². The van der Waals surface area contributed by atoms with Crippen molar-refractivity contribution in [1.82, 2.24) is 20.1 Å². The summed E-state index contributed by atoms with van der Waals surface area (Å²) in [6, 6.07) is 9.15. The summed E-state index contributed by atoms with van der Waals surface area (Å²) < 4.78 is 12.7. The Kier molecular flexibility index (Phi) is 10.6. The van der Waals surface area contributed by atoms with Gasteiger partial charge in [-0.05, 0) is 57.2 Å². The molecule has 0 saturated heterocycles. The maximum atomic E-state index is 13.2. The average Bonchev–Trinajstić information content (AvgIpc) is 3.65. The van der Waals surface area contributed by atoms with Crippen molar-refractivity contribution in [3.8, 4) is 5.75 Å². The largest absolute Gasteiger partial charge is 0.484 e. The van der Waals surface area contributed by atoms with Crippen molar-refractivity contribution < 1.29 is 23.9 Å². The molecular formula is C28H35N5O5S2. The van der Waals surface area contributed by atoms with E-state index >= 15 is 0 Å². The lowest BCUT2D eigenvalue weighted by Crippen LogP contribution is -2.29. The predicted octanol–water partition coefficient (Wildman–Crippen LogP) is 4.62. The smallest absolute Gasteiger partial charge is 0.341 e. The molecule has 1 aliphatic carbocycles. The van der Waals surface area contributed by atoms with Gasteiger partial charge >= 0.3 is 5.97 Å². The number of aryl methyl sites for hydroxylation is 1. The van der Waals surface area contributed by atoms with Gasteiger partial charge in [-0.1, -0.05) is 43.3 Å². The van der Waals surface area contributed by atoms with E-state index < -0.39 is 11.2 Å². The number of nitrogens with one attached hydrogen (secondary N) is 2. The molecule has 0 spiro atoms. The Morgan fingerprint density at radius 2 is 1.95 bits per heavy atom. The molecule has 1 aromatic carbocycles. The molecule has 2 amide bonds.